The normalized spacial score (nSPS) is 26.6. The van der Waals surface area contributed by atoms with Gasteiger partial charge >= 0.3 is 0 Å². The first-order valence-corrected chi connectivity index (χ1v) is 10.3. The highest BCUT2D eigenvalue weighted by Gasteiger charge is 2.42. The minimum atomic E-state index is 0.0907. The zero-order valence-corrected chi connectivity index (χ0v) is 16.2. The first-order valence-electron chi connectivity index (χ1n) is 9.51. The summed E-state index contributed by atoms with van der Waals surface area (Å²) in [4.78, 5) is 0. The van der Waals surface area contributed by atoms with E-state index in [4.69, 9.17) is 9.47 Å². The first-order chi connectivity index (χ1) is 12.2. The summed E-state index contributed by atoms with van der Waals surface area (Å²) in [5.41, 5.74) is 1.37. The van der Waals surface area contributed by atoms with Crippen LogP contribution in [0, 0.1) is 0 Å². The van der Waals surface area contributed by atoms with Gasteiger partial charge in [0.05, 0.1) is 24.5 Å². The molecule has 0 aromatic carbocycles. The van der Waals surface area contributed by atoms with Crippen LogP contribution in [0.5, 0.6) is 0 Å². The summed E-state index contributed by atoms with van der Waals surface area (Å²) >= 11 is 1.86. The molecule has 140 valence electrons. The van der Waals surface area contributed by atoms with Gasteiger partial charge < -0.3 is 14.8 Å². The van der Waals surface area contributed by atoms with Gasteiger partial charge in [-0.15, -0.1) is 0 Å². The van der Waals surface area contributed by atoms with Gasteiger partial charge in [-0.2, -0.15) is 5.10 Å². The Morgan fingerprint density at radius 3 is 2.92 bits per heavy atom. The van der Waals surface area contributed by atoms with E-state index in [1.54, 1.807) is 7.11 Å². The van der Waals surface area contributed by atoms with E-state index < -0.39 is 0 Å². The molecule has 1 N–H and O–H groups in total. The van der Waals surface area contributed by atoms with Crippen LogP contribution in [0.15, 0.2) is 11.1 Å². The van der Waals surface area contributed by atoms with Crippen molar-refractivity contribution in [3.05, 3.63) is 11.8 Å². The molecular formula is C18H30N4O2S. The minimum Gasteiger partial charge on any atom is -0.383 e. The summed E-state index contributed by atoms with van der Waals surface area (Å²) in [6.45, 7) is 4.68. The maximum Gasteiger partial charge on any atom is 0.109 e. The number of rotatable bonds is 7. The highest BCUT2D eigenvalue weighted by atomic mass is 32.2. The summed E-state index contributed by atoms with van der Waals surface area (Å²) in [7, 11) is 3.81. The zero-order chi connectivity index (χ0) is 17.3. The molecular weight excluding hydrogens is 336 g/mol. The smallest absolute Gasteiger partial charge is 0.109 e. The van der Waals surface area contributed by atoms with Crippen molar-refractivity contribution in [3.8, 4) is 0 Å². The first kappa shape index (κ1) is 17.8. The molecule has 1 aromatic heterocycles. The Morgan fingerprint density at radius 1 is 1.40 bits per heavy atom. The number of hydrogen-bond donors (Lipinski definition) is 1. The van der Waals surface area contributed by atoms with Crippen molar-refractivity contribution in [1.29, 1.82) is 0 Å². The van der Waals surface area contributed by atoms with Crippen molar-refractivity contribution in [1.82, 2.24) is 19.4 Å². The number of hydrogen-bond acceptors (Lipinski definition) is 6. The predicted octanol–water partition coefficient (Wildman–Crippen LogP) is 2.16. The second kappa shape index (κ2) is 7.56. The average molecular weight is 367 g/mol. The Labute approximate surface area is 154 Å². The lowest BCUT2D eigenvalue weighted by Gasteiger charge is -2.37. The highest BCUT2D eigenvalue weighted by molar-refractivity contribution is 7.97. The molecule has 6 nitrogen and oxygen atoms in total. The monoisotopic (exact) mass is 366 g/mol. The molecule has 3 heterocycles. The molecule has 2 aliphatic heterocycles. The van der Waals surface area contributed by atoms with Crippen LogP contribution in [0.4, 0.5) is 0 Å². The number of nitrogens with one attached hydrogen (secondary N) is 1. The molecule has 1 aromatic rings. The number of piperidine rings is 1. The van der Waals surface area contributed by atoms with E-state index >= 15 is 0 Å². The van der Waals surface area contributed by atoms with Gasteiger partial charge in [-0.05, 0) is 50.1 Å². The number of ether oxygens (including phenoxy) is 2. The Hall–Kier alpha value is -0.600. The van der Waals surface area contributed by atoms with Gasteiger partial charge in [0.1, 0.15) is 5.03 Å². The Kier molecular flexibility index (Phi) is 5.38. The molecule has 3 fully saturated rings. The van der Waals surface area contributed by atoms with E-state index in [0.29, 0.717) is 6.04 Å². The zero-order valence-electron chi connectivity index (χ0n) is 15.4. The van der Waals surface area contributed by atoms with E-state index in [1.807, 2.05) is 16.6 Å². The minimum absolute atomic E-state index is 0.0907. The SMILES string of the molecule is COCCNC1COC2(CCN(Sc3cc(C4CC4)nn3C)CC2)C1. The van der Waals surface area contributed by atoms with Crippen LogP contribution in [0.2, 0.25) is 0 Å². The molecule has 25 heavy (non-hydrogen) atoms. The van der Waals surface area contributed by atoms with E-state index in [1.165, 1.54) is 23.6 Å². The van der Waals surface area contributed by atoms with Crippen LogP contribution in [-0.4, -0.2) is 65.7 Å². The van der Waals surface area contributed by atoms with Crippen molar-refractivity contribution >= 4 is 11.9 Å². The molecule has 3 aliphatic rings. The quantitative estimate of drug-likeness (QED) is 0.590. The van der Waals surface area contributed by atoms with Crippen LogP contribution >= 0.6 is 11.9 Å². The lowest BCUT2D eigenvalue weighted by atomic mass is 9.88. The topological polar surface area (TPSA) is 51.5 Å². The summed E-state index contributed by atoms with van der Waals surface area (Å²) in [6, 6.07) is 2.77. The predicted molar refractivity (Wildman–Crippen MR) is 98.8 cm³/mol. The largest absolute Gasteiger partial charge is 0.383 e. The number of methoxy groups -OCH3 is 1. The molecule has 7 heteroatoms. The Morgan fingerprint density at radius 2 is 2.20 bits per heavy atom. The molecule has 0 amide bonds. The van der Waals surface area contributed by atoms with Crippen LogP contribution in [0.25, 0.3) is 0 Å². The number of nitrogens with zero attached hydrogens (tertiary/aromatic N) is 3. The van der Waals surface area contributed by atoms with Crippen LogP contribution < -0.4 is 5.32 Å². The molecule has 2 saturated heterocycles. The number of aromatic nitrogens is 2. The van der Waals surface area contributed by atoms with Crippen molar-refractivity contribution < 1.29 is 9.47 Å². The van der Waals surface area contributed by atoms with E-state index in [2.05, 4.69) is 27.8 Å². The van der Waals surface area contributed by atoms with Gasteiger partial charge in [0.25, 0.3) is 0 Å². The fraction of sp³-hybridized carbons (Fsp3) is 0.833. The third kappa shape index (κ3) is 4.22. The molecule has 1 spiro atoms. The van der Waals surface area contributed by atoms with Crippen molar-refractivity contribution in [2.45, 2.75) is 54.7 Å². The van der Waals surface area contributed by atoms with Gasteiger partial charge in [-0.25, -0.2) is 4.31 Å². The van der Waals surface area contributed by atoms with Gasteiger partial charge in [-0.3, -0.25) is 4.68 Å². The molecule has 1 aliphatic carbocycles. The van der Waals surface area contributed by atoms with Gasteiger partial charge in [0.2, 0.25) is 0 Å². The Balaban J connectivity index is 1.26. The summed E-state index contributed by atoms with van der Waals surface area (Å²) in [5.74, 6) is 0.722. The van der Waals surface area contributed by atoms with Crippen LogP contribution in [0.1, 0.15) is 43.7 Å². The Bertz CT molecular complexity index is 582. The maximum absolute atomic E-state index is 6.23. The fourth-order valence-electron chi connectivity index (χ4n) is 3.94. The summed E-state index contributed by atoms with van der Waals surface area (Å²) in [6.07, 6.45) is 5.99. The lowest BCUT2D eigenvalue weighted by Crippen LogP contribution is -2.42. The lowest BCUT2D eigenvalue weighted by molar-refractivity contribution is -0.0300. The van der Waals surface area contributed by atoms with E-state index in [0.717, 1.165) is 58.0 Å². The third-order valence-corrected chi connectivity index (χ3v) is 6.85. The van der Waals surface area contributed by atoms with Gasteiger partial charge in [0, 0.05) is 45.8 Å². The van der Waals surface area contributed by atoms with Crippen molar-refractivity contribution in [3.63, 3.8) is 0 Å². The standard InChI is InChI=1S/C18H30N4O2S/c1-21-17(11-16(20-21)14-3-4-14)25-22-8-5-18(6-9-22)12-15(13-24-18)19-7-10-23-2/h11,14-15,19H,3-10,12-13H2,1-2H3. The number of aryl methyl sites for hydroxylation is 1. The van der Waals surface area contributed by atoms with Gasteiger partial charge in [-0.1, -0.05) is 0 Å². The molecule has 1 saturated carbocycles. The highest BCUT2D eigenvalue weighted by Crippen LogP contribution is 2.42. The van der Waals surface area contributed by atoms with Crippen molar-refractivity contribution in [2.24, 2.45) is 7.05 Å². The fourth-order valence-corrected chi connectivity index (χ4v) is 4.90. The molecule has 0 bridgehead atoms. The van der Waals surface area contributed by atoms with E-state index in [9.17, 15) is 0 Å². The second-order valence-electron chi connectivity index (χ2n) is 7.67. The molecule has 4 rings (SSSR count). The molecule has 1 unspecified atom stereocenters. The summed E-state index contributed by atoms with van der Waals surface area (Å²) in [5, 5.41) is 9.50. The maximum atomic E-state index is 6.23. The van der Waals surface area contributed by atoms with Gasteiger partial charge in [0.15, 0.2) is 0 Å². The average Bonchev–Trinajstić information content (AvgIpc) is 3.30. The van der Waals surface area contributed by atoms with Crippen LogP contribution in [-0.2, 0) is 16.5 Å². The molecule has 1 atom stereocenters. The molecule has 0 radical (unpaired) electrons. The third-order valence-electron chi connectivity index (χ3n) is 5.66. The second-order valence-corrected chi connectivity index (χ2v) is 8.78. The summed E-state index contributed by atoms with van der Waals surface area (Å²) < 4.78 is 15.9. The van der Waals surface area contributed by atoms with Crippen molar-refractivity contribution in [2.75, 3.05) is 40.0 Å². The van der Waals surface area contributed by atoms with E-state index in [-0.39, 0.29) is 5.60 Å². The van der Waals surface area contributed by atoms with Crippen LogP contribution in [0.3, 0.4) is 0 Å².